The lowest BCUT2D eigenvalue weighted by atomic mass is 10.1. The molecule has 0 aromatic heterocycles. The molecule has 0 aliphatic rings. The van der Waals surface area contributed by atoms with Gasteiger partial charge in [0.25, 0.3) is 0 Å². The highest BCUT2D eigenvalue weighted by atomic mass is 16.7. The Labute approximate surface area is 274 Å². The second-order valence-electron chi connectivity index (χ2n) is 12.9. The lowest BCUT2D eigenvalue weighted by Crippen LogP contribution is -2.37. The number of nitrogens with zero attached hydrogens (tertiary/aromatic N) is 1. The molecule has 0 N–H and O–H groups in total. The van der Waals surface area contributed by atoms with Gasteiger partial charge >= 0.3 is 18.4 Å². The summed E-state index contributed by atoms with van der Waals surface area (Å²) in [6, 6.07) is 0. The summed E-state index contributed by atoms with van der Waals surface area (Å²) in [5.74, 6) is -0.592. The van der Waals surface area contributed by atoms with E-state index in [1.165, 1.54) is 116 Å². The van der Waals surface area contributed by atoms with Crippen molar-refractivity contribution in [3.05, 3.63) is 24.3 Å². The number of hydrogen-bond acceptors (Lipinski definition) is 5. The molecule has 0 aromatic rings. The topological polar surface area (TPSA) is 55.8 Å². The Bertz CT molecular complexity index is 634. The van der Waals surface area contributed by atoms with E-state index in [1.54, 1.807) is 19.0 Å². The lowest BCUT2D eigenvalue weighted by Gasteiger charge is -2.23. The van der Waals surface area contributed by atoms with Crippen molar-refractivity contribution in [1.82, 2.24) is 4.90 Å². The number of rotatable bonds is 33. The van der Waals surface area contributed by atoms with Crippen LogP contribution in [0.2, 0.25) is 0 Å². The molecule has 0 amide bonds. The van der Waals surface area contributed by atoms with Crippen LogP contribution < -0.4 is 0 Å². The third-order valence-electron chi connectivity index (χ3n) is 8.17. The molecule has 0 spiro atoms. The molecule has 258 valence electrons. The maximum Gasteiger partial charge on any atom is 0.309 e. The molecular formula is C39H73NO4. The van der Waals surface area contributed by atoms with Crippen molar-refractivity contribution in [3.63, 3.8) is 0 Å². The molecule has 0 rings (SSSR count). The van der Waals surface area contributed by atoms with Crippen LogP contribution in [0.1, 0.15) is 194 Å². The van der Waals surface area contributed by atoms with Crippen LogP contribution in [0, 0.1) is 0 Å². The van der Waals surface area contributed by atoms with E-state index in [2.05, 4.69) is 38.2 Å². The minimum absolute atomic E-state index is 0.296. The Kier molecular flexibility index (Phi) is 33.0. The Hall–Kier alpha value is -1.62. The highest BCUT2D eigenvalue weighted by Gasteiger charge is 2.20. The molecule has 0 radical (unpaired) electrons. The fourth-order valence-corrected chi connectivity index (χ4v) is 5.26. The Morgan fingerprint density at radius 2 is 0.727 bits per heavy atom. The van der Waals surface area contributed by atoms with Crippen molar-refractivity contribution >= 4 is 11.9 Å². The maximum absolute atomic E-state index is 12.3. The molecule has 0 saturated carbocycles. The first kappa shape index (κ1) is 42.4. The second kappa shape index (κ2) is 34.3. The van der Waals surface area contributed by atoms with E-state index >= 15 is 0 Å². The zero-order valence-electron chi connectivity index (χ0n) is 29.8. The van der Waals surface area contributed by atoms with Crippen LogP contribution in [0.15, 0.2) is 24.3 Å². The van der Waals surface area contributed by atoms with E-state index in [9.17, 15) is 9.59 Å². The van der Waals surface area contributed by atoms with E-state index in [0.29, 0.717) is 12.8 Å². The summed E-state index contributed by atoms with van der Waals surface area (Å²) >= 11 is 0. The molecule has 5 heteroatoms. The number of hydrogen-bond donors (Lipinski definition) is 0. The van der Waals surface area contributed by atoms with Crippen LogP contribution in [0.5, 0.6) is 0 Å². The van der Waals surface area contributed by atoms with Gasteiger partial charge in [0.05, 0.1) is 0 Å². The molecule has 0 saturated heterocycles. The number of esters is 2. The van der Waals surface area contributed by atoms with Gasteiger partial charge in [-0.2, -0.15) is 0 Å². The zero-order chi connectivity index (χ0) is 32.4. The van der Waals surface area contributed by atoms with Gasteiger partial charge < -0.3 is 9.47 Å². The molecule has 5 nitrogen and oxygen atoms in total. The molecule has 0 fully saturated rings. The first-order valence-corrected chi connectivity index (χ1v) is 18.9. The third kappa shape index (κ3) is 31.8. The maximum atomic E-state index is 12.3. The number of carbonyl (C=O) groups excluding carboxylic acids is 2. The summed E-state index contributed by atoms with van der Waals surface area (Å²) in [6.45, 7) is 4.53. The predicted molar refractivity (Wildman–Crippen MR) is 189 cm³/mol. The summed E-state index contributed by atoms with van der Waals surface area (Å²) in [6.07, 6.45) is 41.0. The molecule has 0 aliphatic heterocycles. The highest BCUT2D eigenvalue weighted by Crippen LogP contribution is 2.13. The van der Waals surface area contributed by atoms with Crippen LogP contribution in [0.3, 0.4) is 0 Å². The van der Waals surface area contributed by atoms with Crippen molar-refractivity contribution in [2.75, 3.05) is 14.1 Å². The second-order valence-corrected chi connectivity index (χ2v) is 12.9. The van der Waals surface area contributed by atoms with E-state index < -0.39 is 6.41 Å². The van der Waals surface area contributed by atoms with Crippen LogP contribution in [-0.4, -0.2) is 37.3 Å². The van der Waals surface area contributed by atoms with Gasteiger partial charge in [0, 0.05) is 12.8 Å². The van der Waals surface area contributed by atoms with E-state index in [4.69, 9.17) is 9.47 Å². The minimum Gasteiger partial charge on any atom is -0.411 e. The molecular weight excluding hydrogens is 546 g/mol. The highest BCUT2D eigenvalue weighted by molar-refractivity contribution is 5.71. The van der Waals surface area contributed by atoms with Gasteiger partial charge in [0.15, 0.2) is 0 Å². The number of allylic oxidation sites excluding steroid dienone is 4. The van der Waals surface area contributed by atoms with Crippen molar-refractivity contribution in [3.8, 4) is 0 Å². The largest absolute Gasteiger partial charge is 0.411 e. The van der Waals surface area contributed by atoms with Gasteiger partial charge in [-0.1, -0.05) is 141 Å². The van der Waals surface area contributed by atoms with Crippen LogP contribution in [0.4, 0.5) is 0 Å². The number of unbranched alkanes of at least 4 members (excludes halogenated alkanes) is 22. The van der Waals surface area contributed by atoms with Crippen LogP contribution in [0.25, 0.3) is 0 Å². The van der Waals surface area contributed by atoms with E-state index in [-0.39, 0.29) is 11.9 Å². The van der Waals surface area contributed by atoms with E-state index in [0.717, 1.165) is 51.4 Å². The SMILES string of the molecule is CCCCCCCC/C=C\CCCCCCCC(=O)OC(OC(=O)CCCCCCC/C=C\CCCCCCCC)N(C)C. The summed E-state index contributed by atoms with van der Waals surface area (Å²) in [5, 5.41) is 0. The van der Waals surface area contributed by atoms with Crippen molar-refractivity contribution in [1.29, 1.82) is 0 Å². The molecule has 44 heavy (non-hydrogen) atoms. The average molecular weight is 620 g/mol. The van der Waals surface area contributed by atoms with Crippen LogP contribution in [-0.2, 0) is 19.1 Å². The van der Waals surface area contributed by atoms with Gasteiger partial charge in [-0.05, 0) is 78.3 Å². The normalized spacial score (nSPS) is 11.9. The summed E-state index contributed by atoms with van der Waals surface area (Å²) in [5.41, 5.74) is 0. The molecule has 0 aliphatic carbocycles. The molecule has 0 bridgehead atoms. The molecule has 0 unspecified atom stereocenters. The standard InChI is InChI=1S/C39H73NO4/c1-5-7-9-11-13-15-17-19-21-23-25-27-29-31-33-35-37(41)43-39(40(3)4)44-38(42)36-34-32-30-28-26-24-22-20-18-16-14-12-10-8-6-2/h19-22,39H,5-18,23-36H2,1-4H3/b21-19-,22-20-. The van der Waals surface area contributed by atoms with Crippen molar-refractivity contribution in [2.45, 2.75) is 200 Å². The van der Waals surface area contributed by atoms with Gasteiger partial charge in [-0.25, -0.2) is 4.90 Å². The molecule has 0 atom stereocenters. The average Bonchev–Trinajstić information content (AvgIpc) is 3.00. The Morgan fingerprint density at radius 1 is 0.455 bits per heavy atom. The van der Waals surface area contributed by atoms with Gasteiger partial charge in [0.2, 0.25) is 0 Å². The number of carbonyl (C=O) groups is 2. The molecule has 0 aromatic carbocycles. The van der Waals surface area contributed by atoms with Crippen molar-refractivity contribution < 1.29 is 19.1 Å². The minimum atomic E-state index is -0.943. The predicted octanol–water partition coefficient (Wildman–Crippen LogP) is 12.0. The monoisotopic (exact) mass is 620 g/mol. The summed E-state index contributed by atoms with van der Waals surface area (Å²) in [4.78, 5) is 26.3. The fraction of sp³-hybridized carbons (Fsp3) is 0.846. The fourth-order valence-electron chi connectivity index (χ4n) is 5.26. The quantitative estimate of drug-likeness (QED) is 0.0316. The smallest absolute Gasteiger partial charge is 0.309 e. The summed E-state index contributed by atoms with van der Waals surface area (Å²) in [7, 11) is 3.52. The Balaban J connectivity index is 3.71. The van der Waals surface area contributed by atoms with Gasteiger partial charge in [-0.3, -0.25) is 9.59 Å². The van der Waals surface area contributed by atoms with Gasteiger partial charge in [0.1, 0.15) is 0 Å². The summed E-state index contributed by atoms with van der Waals surface area (Å²) < 4.78 is 10.9. The third-order valence-corrected chi connectivity index (χ3v) is 8.17. The first-order valence-electron chi connectivity index (χ1n) is 18.9. The van der Waals surface area contributed by atoms with Crippen LogP contribution >= 0.6 is 0 Å². The number of ether oxygens (including phenoxy) is 2. The molecule has 0 heterocycles. The zero-order valence-corrected chi connectivity index (χ0v) is 29.8. The van der Waals surface area contributed by atoms with E-state index in [1.807, 2.05) is 0 Å². The Morgan fingerprint density at radius 3 is 1.02 bits per heavy atom. The lowest BCUT2D eigenvalue weighted by molar-refractivity contribution is -0.215. The van der Waals surface area contributed by atoms with Gasteiger partial charge in [-0.15, -0.1) is 0 Å². The first-order chi connectivity index (χ1) is 21.5. The van der Waals surface area contributed by atoms with Crippen molar-refractivity contribution in [2.24, 2.45) is 0 Å².